The van der Waals surface area contributed by atoms with Crippen LogP contribution in [0.5, 0.6) is 5.75 Å². The zero-order chi connectivity index (χ0) is 30.8. The molecule has 12 heteroatoms. The molecular formula is C32H31ClN2O7S2. The summed E-state index contributed by atoms with van der Waals surface area (Å²) in [5, 5.41) is 3.31. The molecule has 0 aliphatic carbocycles. The first-order chi connectivity index (χ1) is 20.5. The number of hydrogen-bond donors (Lipinski definition) is 1. The first kappa shape index (κ1) is 32.7. The summed E-state index contributed by atoms with van der Waals surface area (Å²) in [7, 11) is -7.53. The van der Waals surface area contributed by atoms with Gasteiger partial charge in [0.1, 0.15) is 17.9 Å². The lowest BCUT2D eigenvalue weighted by Crippen LogP contribution is -2.37. The minimum absolute atomic E-state index is 0. The summed E-state index contributed by atoms with van der Waals surface area (Å²) >= 11 is 0. The fourth-order valence-corrected chi connectivity index (χ4v) is 8.25. The lowest BCUT2D eigenvalue weighted by molar-refractivity contribution is 0.318. The molecule has 230 valence electrons. The summed E-state index contributed by atoms with van der Waals surface area (Å²) in [5.41, 5.74) is 2.04. The Morgan fingerprint density at radius 3 is 2.00 bits per heavy atom. The highest BCUT2D eigenvalue weighted by Crippen LogP contribution is 2.34. The molecule has 0 aliphatic heterocycles. The highest BCUT2D eigenvalue weighted by molar-refractivity contribution is 8.10. The Bertz CT molecular complexity index is 2060. The number of ether oxygens (including phenoxy) is 1. The Labute approximate surface area is 262 Å². The van der Waals surface area contributed by atoms with E-state index in [0.29, 0.717) is 33.6 Å². The molecule has 0 atom stereocenters. The minimum atomic E-state index is -4.67. The third kappa shape index (κ3) is 6.51. The third-order valence-corrected chi connectivity index (χ3v) is 11.1. The first-order valence-corrected chi connectivity index (χ1v) is 16.3. The fourth-order valence-electron chi connectivity index (χ4n) is 4.57. The Hall–Kier alpha value is -4.16. The van der Waals surface area contributed by atoms with Gasteiger partial charge in [0, 0.05) is 11.9 Å². The number of sulfonamides is 2. The van der Waals surface area contributed by atoms with Crippen molar-refractivity contribution in [2.75, 3.05) is 23.9 Å². The molecule has 0 saturated carbocycles. The third-order valence-electron chi connectivity index (χ3n) is 6.86. The Morgan fingerprint density at radius 1 is 0.773 bits per heavy atom. The van der Waals surface area contributed by atoms with Gasteiger partial charge in [0.2, 0.25) is 0 Å². The van der Waals surface area contributed by atoms with Crippen LogP contribution in [0.25, 0.3) is 22.1 Å². The number of anilines is 1. The molecule has 0 amide bonds. The van der Waals surface area contributed by atoms with Crippen molar-refractivity contribution in [3.63, 3.8) is 0 Å². The summed E-state index contributed by atoms with van der Waals surface area (Å²) < 4.78 is 68.0. The van der Waals surface area contributed by atoms with Crippen LogP contribution in [0.4, 0.5) is 5.69 Å². The van der Waals surface area contributed by atoms with Gasteiger partial charge >= 0.3 is 5.63 Å². The highest BCUT2D eigenvalue weighted by Gasteiger charge is 2.37. The molecule has 5 rings (SSSR count). The van der Waals surface area contributed by atoms with Gasteiger partial charge in [-0.25, -0.2) is 21.6 Å². The van der Waals surface area contributed by atoms with Gasteiger partial charge in [0.05, 0.1) is 21.0 Å². The molecular weight excluding hydrogens is 624 g/mol. The van der Waals surface area contributed by atoms with E-state index in [1.165, 1.54) is 54.6 Å². The van der Waals surface area contributed by atoms with Crippen molar-refractivity contribution in [1.29, 1.82) is 0 Å². The molecule has 0 saturated heterocycles. The normalized spacial score (nSPS) is 11.6. The predicted molar refractivity (Wildman–Crippen MR) is 174 cm³/mol. The molecule has 5 aromatic rings. The second-order valence-corrected chi connectivity index (χ2v) is 13.7. The van der Waals surface area contributed by atoms with E-state index >= 15 is 0 Å². The van der Waals surface area contributed by atoms with Crippen LogP contribution in [0.3, 0.4) is 0 Å². The van der Waals surface area contributed by atoms with E-state index in [4.69, 9.17) is 9.15 Å². The Balaban J connectivity index is 0.00000442. The summed E-state index contributed by atoms with van der Waals surface area (Å²) in [5.74, 6) is 0.437. The zero-order valence-electron chi connectivity index (χ0n) is 24.2. The van der Waals surface area contributed by atoms with E-state index in [1.54, 1.807) is 44.3 Å². The van der Waals surface area contributed by atoms with Crippen molar-refractivity contribution in [2.45, 2.75) is 23.6 Å². The maximum atomic E-state index is 14.1. The summed E-state index contributed by atoms with van der Waals surface area (Å²) in [6, 6.07) is 24.4. The largest absolute Gasteiger partial charge is 0.492 e. The van der Waals surface area contributed by atoms with Crippen molar-refractivity contribution in [1.82, 2.24) is 5.32 Å². The topological polar surface area (TPSA) is 123 Å². The van der Waals surface area contributed by atoms with Crippen LogP contribution in [0.2, 0.25) is 0 Å². The standard InChI is InChI=1S/C32H30N2O7S2.ClH/c1-22-8-13-27(14-9-22)42(36,37)34(43(38,39)28-15-11-26(12-16-28)40-19-18-33-3)25-10-17-31-24(20-25)21-30(32(35)41-31)29-7-5-4-6-23(29)2;/h4-17,20-21,33H,18-19H2,1-3H3;1H. The molecule has 0 unspecified atom stereocenters. The average Bonchev–Trinajstić information content (AvgIpc) is 2.98. The lowest BCUT2D eigenvalue weighted by atomic mass is 10.0. The van der Waals surface area contributed by atoms with Crippen molar-refractivity contribution >= 4 is 49.1 Å². The number of benzene rings is 4. The number of likely N-dealkylation sites (N-methyl/N-ethyl adjacent to an activating group) is 1. The molecule has 9 nitrogen and oxygen atoms in total. The van der Waals surface area contributed by atoms with E-state index in [2.05, 4.69) is 5.32 Å². The monoisotopic (exact) mass is 654 g/mol. The highest BCUT2D eigenvalue weighted by atomic mass is 35.5. The SMILES string of the molecule is CNCCOc1ccc(S(=O)(=O)N(c2ccc3oc(=O)c(-c4ccccc4C)cc3c2)S(=O)(=O)c2ccc(C)cc2)cc1.Cl. The smallest absolute Gasteiger partial charge is 0.344 e. The van der Waals surface area contributed by atoms with Gasteiger partial charge < -0.3 is 14.5 Å². The number of nitrogens with zero attached hydrogens (tertiary/aromatic N) is 1. The van der Waals surface area contributed by atoms with E-state index in [1.807, 2.05) is 19.1 Å². The van der Waals surface area contributed by atoms with Crippen LogP contribution >= 0.6 is 12.4 Å². The van der Waals surface area contributed by atoms with Crippen LogP contribution in [-0.2, 0) is 20.0 Å². The average molecular weight is 655 g/mol. The second-order valence-electron chi connectivity index (χ2n) is 9.93. The maximum absolute atomic E-state index is 14.1. The molecule has 1 heterocycles. The first-order valence-electron chi connectivity index (χ1n) is 13.4. The summed E-state index contributed by atoms with van der Waals surface area (Å²) in [6.45, 7) is 4.62. The van der Waals surface area contributed by atoms with Gasteiger partial charge in [-0.15, -0.1) is 12.4 Å². The van der Waals surface area contributed by atoms with E-state index in [9.17, 15) is 21.6 Å². The van der Waals surface area contributed by atoms with Crippen molar-refractivity contribution < 1.29 is 26.0 Å². The van der Waals surface area contributed by atoms with Gasteiger partial charge in [-0.2, -0.15) is 3.71 Å². The van der Waals surface area contributed by atoms with Crippen LogP contribution in [0.1, 0.15) is 11.1 Å². The van der Waals surface area contributed by atoms with Crippen LogP contribution in [-0.4, -0.2) is 37.0 Å². The molecule has 1 N–H and O–H groups in total. The van der Waals surface area contributed by atoms with Crippen LogP contribution in [0, 0.1) is 13.8 Å². The number of aryl methyl sites for hydroxylation is 2. The molecule has 0 aliphatic rings. The van der Waals surface area contributed by atoms with Crippen molar-refractivity contribution in [3.05, 3.63) is 119 Å². The number of halogens is 1. The fraction of sp³-hybridized carbons (Fsp3) is 0.156. The molecule has 0 spiro atoms. The van der Waals surface area contributed by atoms with E-state index < -0.39 is 25.7 Å². The molecule has 44 heavy (non-hydrogen) atoms. The lowest BCUT2D eigenvalue weighted by Gasteiger charge is -2.24. The number of fused-ring (bicyclic) bond motifs is 1. The summed E-state index contributed by atoms with van der Waals surface area (Å²) in [6.07, 6.45) is 0. The second kappa shape index (κ2) is 13.2. The number of rotatable bonds is 10. The predicted octanol–water partition coefficient (Wildman–Crippen LogP) is 5.68. The van der Waals surface area contributed by atoms with Crippen LogP contribution < -0.4 is 19.4 Å². The van der Waals surface area contributed by atoms with Gasteiger partial charge in [-0.3, -0.25) is 0 Å². The Kier molecular flexibility index (Phi) is 9.85. The minimum Gasteiger partial charge on any atom is -0.492 e. The number of nitrogens with one attached hydrogen (secondary N) is 1. The van der Waals surface area contributed by atoms with E-state index in [0.717, 1.165) is 11.1 Å². The van der Waals surface area contributed by atoms with Gasteiger partial charge in [-0.1, -0.05) is 42.0 Å². The molecule has 1 aromatic heterocycles. The van der Waals surface area contributed by atoms with Gasteiger partial charge in [-0.05, 0) is 92.7 Å². The molecule has 4 aromatic carbocycles. The molecule has 0 fully saturated rings. The zero-order valence-corrected chi connectivity index (χ0v) is 26.6. The Morgan fingerprint density at radius 2 is 1.39 bits per heavy atom. The molecule has 0 radical (unpaired) electrons. The molecule has 0 bridgehead atoms. The van der Waals surface area contributed by atoms with Crippen LogP contribution in [0.15, 0.2) is 116 Å². The summed E-state index contributed by atoms with van der Waals surface area (Å²) in [4.78, 5) is 12.4. The van der Waals surface area contributed by atoms with Crippen molar-refractivity contribution in [3.8, 4) is 16.9 Å². The van der Waals surface area contributed by atoms with Crippen molar-refractivity contribution in [2.24, 2.45) is 0 Å². The maximum Gasteiger partial charge on any atom is 0.344 e. The van der Waals surface area contributed by atoms with Gasteiger partial charge in [0.25, 0.3) is 20.0 Å². The number of hydrogen-bond acceptors (Lipinski definition) is 8. The quantitative estimate of drug-likeness (QED) is 0.151. The van der Waals surface area contributed by atoms with E-state index in [-0.39, 0.29) is 39.0 Å². The van der Waals surface area contributed by atoms with Gasteiger partial charge in [0.15, 0.2) is 0 Å².